The van der Waals surface area contributed by atoms with E-state index in [9.17, 15) is 4.79 Å². The number of hydrogen-bond acceptors (Lipinski definition) is 5. The molecule has 8 heteroatoms. The van der Waals surface area contributed by atoms with Crippen LogP contribution in [0.25, 0.3) is 21.9 Å². The zero-order valence-corrected chi connectivity index (χ0v) is 28.5. The Kier molecular flexibility index (Phi) is 9.63. The van der Waals surface area contributed by atoms with Crippen LogP contribution in [0.1, 0.15) is 15.9 Å². The molecular weight excluding hydrogens is 691 g/mol. The number of halogens is 3. The Labute approximate surface area is 304 Å². The van der Waals surface area contributed by atoms with E-state index in [0.29, 0.717) is 49.2 Å². The predicted molar refractivity (Wildman–Crippen MR) is 199 cm³/mol. The summed E-state index contributed by atoms with van der Waals surface area (Å²) in [6.45, 7) is 0. The van der Waals surface area contributed by atoms with Gasteiger partial charge in [0, 0.05) is 15.1 Å². The number of ether oxygens (including phenoxy) is 4. The Balaban J connectivity index is 1.23. The van der Waals surface area contributed by atoms with E-state index in [-0.39, 0.29) is 0 Å². The van der Waals surface area contributed by atoms with Gasteiger partial charge in [0.1, 0.15) is 23.0 Å². The van der Waals surface area contributed by atoms with E-state index >= 15 is 0 Å². The van der Waals surface area contributed by atoms with Gasteiger partial charge in [-0.1, -0.05) is 89.4 Å². The van der Waals surface area contributed by atoms with Crippen LogP contribution in [-0.2, 0) is 5.97 Å². The van der Waals surface area contributed by atoms with Crippen LogP contribution >= 0.6 is 34.8 Å². The molecule has 0 aromatic heterocycles. The van der Waals surface area contributed by atoms with Crippen LogP contribution in [0.3, 0.4) is 0 Å². The van der Waals surface area contributed by atoms with Gasteiger partial charge in [-0.05, 0) is 131 Å². The lowest BCUT2D eigenvalue weighted by Crippen LogP contribution is -2.45. The fraction of sp³-hybridized carbons (Fsp3) is 0.0238. The number of carbonyl (C=O) groups excluding carboxylic acids is 1. The summed E-state index contributed by atoms with van der Waals surface area (Å²) in [5.41, 5.74) is 3.04. The van der Waals surface area contributed by atoms with Crippen molar-refractivity contribution in [2.45, 2.75) is 5.97 Å². The van der Waals surface area contributed by atoms with Crippen molar-refractivity contribution in [1.82, 2.24) is 0 Å². The fourth-order valence-corrected chi connectivity index (χ4v) is 5.67. The summed E-state index contributed by atoms with van der Waals surface area (Å²) in [5, 5.41) is 3.23. The van der Waals surface area contributed by atoms with E-state index in [0.717, 1.165) is 21.9 Å². The topological polar surface area (TPSA) is 54.0 Å². The maximum Gasteiger partial charge on any atom is 0.447 e. The smallest absolute Gasteiger partial charge is 0.423 e. The minimum absolute atomic E-state index is 0.399. The Hall–Kier alpha value is -5.46. The van der Waals surface area contributed by atoms with Gasteiger partial charge in [-0.25, -0.2) is 4.79 Å². The molecule has 246 valence electrons. The van der Waals surface area contributed by atoms with Crippen molar-refractivity contribution in [2.75, 3.05) is 0 Å². The van der Waals surface area contributed by atoms with Gasteiger partial charge in [0.15, 0.2) is 0 Å². The first kappa shape index (κ1) is 33.1. The minimum Gasteiger partial charge on any atom is -0.423 e. The molecule has 0 spiro atoms. The highest BCUT2D eigenvalue weighted by molar-refractivity contribution is 6.31. The zero-order chi connectivity index (χ0) is 34.5. The molecule has 0 aliphatic heterocycles. The lowest BCUT2D eigenvalue weighted by atomic mass is 10.0. The average Bonchev–Trinajstić information content (AvgIpc) is 3.14. The van der Waals surface area contributed by atoms with Crippen molar-refractivity contribution in [3.8, 4) is 34.1 Å². The van der Waals surface area contributed by atoms with Crippen LogP contribution in [0.4, 0.5) is 0 Å². The van der Waals surface area contributed by atoms with Crippen LogP contribution in [0, 0.1) is 0 Å². The zero-order valence-electron chi connectivity index (χ0n) is 26.3. The number of benzene rings is 7. The maximum atomic E-state index is 13.2. The third-order valence-corrected chi connectivity index (χ3v) is 8.55. The molecule has 0 bridgehead atoms. The lowest BCUT2D eigenvalue weighted by molar-refractivity contribution is -0.263. The molecule has 0 amide bonds. The Morgan fingerprint density at radius 1 is 0.440 bits per heavy atom. The molecule has 0 N–H and O–H groups in total. The van der Waals surface area contributed by atoms with Gasteiger partial charge >= 0.3 is 11.9 Å². The molecule has 0 atom stereocenters. The summed E-state index contributed by atoms with van der Waals surface area (Å²) in [6.07, 6.45) is 0. The van der Waals surface area contributed by atoms with Crippen molar-refractivity contribution in [3.63, 3.8) is 0 Å². The van der Waals surface area contributed by atoms with E-state index in [1.165, 1.54) is 0 Å². The highest BCUT2D eigenvalue weighted by Crippen LogP contribution is 2.37. The molecule has 7 rings (SSSR count). The Morgan fingerprint density at radius 2 is 0.880 bits per heavy atom. The molecule has 5 nitrogen and oxygen atoms in total. The molecule has 7 aromatic carbocycles. The Morgan fingerprint density at radius 3 is 1.40 bits per heavy atom. The average molecular weight is 718 g/mol. The maximum absolute atomic E-state index is 13.2. The number of esters is 1. The standard InChI is InChI=1S/C42H27Cl3O5/c43-34-12-20-38(21-13-34)48-42(49-39-22-14-35(44)15-23-39,50-40-24-16-36(45)17-25-40)33-11-8-30-26-32(7-6-31(30)27-33)41(46)47-37-18-9-29(10-19-37)28-4-2-1-3-5-28/h1-27H. The molecular formula is C42H27Cl3O5. The number of fused-ring (bicyclic) bond motifs is 1. The summed E-state index contributed by atoms with van der Waals surface area (Å²) >= 11 is 18.6. The SMILES string of the molecule is O=C(Oc1ccc(-c2ccccc2)cc1)c1ccc2cc(C(Oc3ccc(Cl)cc3)(Oc3ccc(Cl)cc3)Oc3ccc(Cl)cc3)ccc2c1. The summed E-state index contributed by atoms with van der Waals surface area (Å²) in [6, 6.07) is 49.0. The van der Waals surface area contributed by atoms with Gasteiger partial charge in [-0.2, -0.15) is 0 Å². The summed E-state index contributed by atoms with van der Waals surface area (Å²) in [4.78, 5) is 13.2. The second kappa shape index (κ2) is 14.6. The number of carbonyl (C=O) groups is 1. The molecule has 0 saturated heterocycles. The quantitative estimate of drug-likeness (QED) is 0.0801. The predicted octanol–water partition coefficient (Wildman–Crippen LogP) is 12.0. The monoisotopic (exact) mass is 716 g/mol. The molecule has 0 radical (unpaired) electrons. The van der Waals surface area contributed by atoms with E-state index in [4.69, 9.17) is 53.8 Å². The van der Waals surface area contributed by atoms with Crippen LogP contribution in [0.5, 0.6) is 23.0 Å². The molecule has 0 aliphatic carbocycles. The van der Waals surface area contributed by atoms with Crippen molar-refractivity contribution in [2.24, 2.45) is 0 Å². The highest BCUT2D eigenvalue weighted by atomic mass is 35.5. The van der Waals surface area contributed by atoms with Gasteiger partial charge in [-0.15, -0.1) is 0 Å². The molecule has 0 unspecified atom stereocenters. The number of hydrogen-bond donors (Lipinski definition) is 0. The Bertz CT molecular complexity index is 2120. The first-order valence-corrected chi connectivity index (χ1v) is 16.7. The van der Waals surface area contributed by atoms with Crippen LogP contribution in [0.2, 0.25) is 15.1 Å². The summed E-state index contributed by atoms with van der Waals surface area (Å²) in [5.74, 6) is -0.548. The second-order valence-corrected chi connectivity index (χ2v) is 12.6. The third-order valence-electron chi connectivity index (χ3n) is 7.80. The lowest BCUT2D eigenvalue weighted by Gasteiger charge is -2.34. The van der Waals surface area contributed by atoms with Crippen LogP contribution < -0.4 is 18.9 Å². The van der Waals surface area contributed by atoms with Gasteiger partial charge in [0.25, 0.3) is 0 Å². The van der Waals surface area contributed by atoms with Gasteiger partial charge in [0.2, 0.25) is 0 Å². The largest absolute Gasteiger partial charge is 0.447 e. The van der Waals surface area contributed by atoms with Crippen molar-refractivity contribution in [1.29, 1.82) is 0 Å². The number of rotatable bonds is 10. The highest BCUT2D eigenvalue weighted by Gasteiger charge is 2.42. The molecule has 0 heterocycles. The van der Waals surface area contributed by atoms with Gasteiger partial charge in [-0.3, -0.25) is 0 Å². The normalized spacial score (nSPS) is 11.2. The van der Waals surface area contributed by atoms with Crippen molar-refractivity contribution in [3.05, 3.63) is 190 Å². The first-order valence-electron chi connectivity index (χ1n) is 15.6. The minimum atomic E-state index is -1.84. The van der Waals surface area contributed by atoms with Gasteiger partial charge < -0.3 is 18.9 Å². The second-order valence-electron chi connectivity index (χ2n) is 11.3. The van der Waals surface area contributed by atoms with Crippen molar-refractivity contribution < 1.29 is 23.7 Å². The van der Waals surface area contributed by atoms with E-state index < -0.39 is 11.9 Å². The fourth-order valence-electron chi connectivity index (χ4n) is 5.29. The molecule has 0 saturated carbocycles. The summed E-state index contributed by atoms with van der Waals surface area (Å²) in [7, 11) is 0. The van der Waals surface area contributed by atoms with E-state index in [1.54, 1.807) is 97.1 Å². The summed E-state index contributed by atoms with van der Waals surface area (Å²) < 4.78 is 25.5. The van der Waals surface area contributed by atoms with E-state index in [2.05, 4.69) is 0 Å². The molecule has 50 heavy (non-hydrogen) atoms. The van der Waals surface area contributed by atoms with E-state index in [1.807, 2.05) is 66.7 Å². The van der Waals surface area contributed by atoms with Crippen molar-refractivity contribution >= 4 is 51.5 Å². The molecule has 7 aromatic rings. The third kappa shape index (κ3) is 7.72. The molecule has 0 fully saturated rings. The first-order chi connectivity index (χ1) is 24.3. The van der Waals surface area contributed by atoms with Crippen LogP contribution in [-0.4, -0.2) is 5.97 Å². The molecule has 0 aliphatic rings. The van der Waals surface area contributed by atoms with Gasteiger partial charge in [0.05, 0.1) is 11.1 Å². The van der Waals surface area contributed by atoms with Crippen LogP contribution in [0.15, 0.2) is 164 Å².